The summed E-state index contributed by atoms with van der Waals surface area (Å²) < 4.78 is 21.7. The number of rotatable bonds is 12. The van der Waals surface area contributed by atoms with Crippen molar-refractivity contribution < 1.29 is 9.13 Å². The molecular formula is C33H49FO. The molecule has 0 bridgehead atoms. The predicted octanol–water partition coefficient (Wildman–Crippen LogP) is 9.97. The van der Waals surface area contributed by atoms with Gasteiger partial charge in [-0.25, -0.2) is 4.39 Å². The number of aryl methyl sites for hydroxylation is 3. The molecule has 1 fully saturated rings. The van der Waals surface area contributed by atoms with Crippen molar-refractivity contribution in [3.05, 3.63) is 52.8 Å². The Labute approximate surface area is 214 Å². The fourth-order valence-electron chi connectivity index (χ4n) is 5.82. The van der Waals surface area contributed by atoms with E-state index in [1.807, 2.05) is 6.07 Å². The molecule has 1 aliphatic carbocycles. The highest BCUT2D eigenvalue weighted by Gasteiger charge is 2.25. The highest BCUT2D eigenvalue weighted by molar-refractivity contribution is 5.70. The number of benzene rings is 2. The summed E-state index contributed by atoms with van der Waals surface area (Å²) in [5.74, 6) is 2.59. The van der Waals surface area contributed by atoms with Crippen LogP contribution in [0.1, 0.15) is 110 Å². The minimum absolute atomic E-state index is 0.0503. The highest BCUT2D eigenvalue weighted by atomic mass is 19.1. The maximum absolute atomic E-state index is 15.2. The summed E-state index contributed by atoms with van der Waals surface area (Å²) in [5.41, 5.74) is 5.69. The minimum Gasteiger partial charge on any atom is -0.493 e. The van der Waals surface area contributed by atoms with Gasteiger partial charge in [0.15, 0.2) is 0 Å². The van der Waals surface area contributed by atoms with E-state index in [0.717, 1.165) is 85.8 Å². The Bertz CT molecular complexity index is 926. The Hall–Kier alpha value is -1.83. The third-order valence-corrected chi connectivity index (χ3v) is 9.15. The van der Waals surface area contributed by atoms with Crippen molar-refractivity contribution >= 4 is 0 Å². The molecule has 0 aromatic heterocycles. The second-order valence-electron chi connectivity index (χ2n) is 11.1. The zero-order chi connectivity index (χ0) is 25.4. The van der Waals surface area contributed by atoms with Gasteiger partial charge in [-0.2, -0.15) is 0 Å². The van der Waals surface area contributed by atoms with Crippen LogP contribution in [0.2, 0.25) is 0 Å². The van der Waals surface area contributed by atoms with Crippen LogP contribution < -0.4 is 4.74 Å². The number of halogens is 1. The third kappa shape index (κ3) is 6.89. The first kappa shape index (κ1) is 27.8. The second-order valence-corrected chi connectivity index (χ2v) is 11.1. The second kappa shape index (κ2) is 12.9. The molecule has 2 heteroatoms. The maximum atomic E-state index is 15.2. The SMILES string of the molecule is CCc1cc(-c2ccc(CCC3CCC(C)CC3)c(F)c2)c(CC)cc1OCC(CC)(CC)CC. The van der Waals surface area contributed by atoms with Gasteiger partial charge in [0.2, 0.25) is 0 Å². The molecule has 0 saturated heterocycles. The van der Waals surface area contributed by atoms with Gasteiger partial charge in [0.05, 0.1) is 6.61 Å². The molecule has 2 aromatic carbocycles. The largest absolute Gasteiger partial charge is 0.493 e. The molecule has 0 radical (unpaired) electrons. The lowest BCUT2D eigenvalue weighted by Gasteiger charge is -2.31. The molecule has 1 saturated carbocycles. The molecule has 1 nitrogen and oxygen atoms in total. The van der Waals surface area contributed by atoms with Crippen molar-refractivity contribution in [3.63, 3.8) is 0 Å². The minimum atomic E-state index is -0.0503. The maximum Gasteiger partial charge on any atom is 0.127 e. The summed E-state index contributed by atoms with van der Waals surface area (Å²) in [6, 6.07) is 10.4. The van der Waals surface area contributed by atoms with Crippen LogP contribution in [0.25, 0.3) is 11.1 Å². The van der Waals surface area contributed by atoms with Gasteiger partial charge in [-0.3, -0.25) is 0 Å². The van der Waals surface area contributed by atoms with Crippen molar-refractivity contribution in [2.45, 2.75) is 112 Å². The first-order chi connectivity index (χ1) is 16.9. The van der Waals surface area contributed by atoms with Crippen molar-refractivity contribution in [2.24, 2.45) is 17.3 Å². The molecular weight excluding hydrogens is 431 g/mol. The summed E-state index contributed by atoms with van der Waals surface area (Å²) in [7, 11) is 0. The first-order valence-corrected chi connectivity index (χ1v) is 14.5. The Morgan fingerprint density at radius 1 is 0.829 bits per heavy atom. The Kier molecular flexibility index (Phi) is 10.3. The van der Waals surface area contributed by atoms with Gasteiger partial charge < -0.3 is 4.74 Å². The monoisotopic (exact) mass is 480 g/mol. The van der Waals surface area contributed by atoms with Crippen molar-refractivity contribution in [2.75, 3.05) is 6.61 Å². The molecule has 2 aromatic rings. The zero-order valence-electron chi connectivity index (χ0n) is 23.3. The van der Waals surface area contributed by atoms with Crippen molar-refractivity contribution in [3.8, 4) is 16.9 Å². The summed E-state index contributed by atoms with van der Waals surface area (Å²) in [4.78, 5) is 0. The van der Waals surface area contributed by atoms with Gasteiger partial charge >= 0.3 is 0 Å². The van der Waals surface area contributed by atoms with Gasteiger partial charge in [-0.15, -0.1) is 0 Å². The van der Waals surface area contributed by atoms with Gasteiger partial charge in [-0.05, 0) is 103 Å². The molecule has 35 heavy (non-hydrogen) atoms. The summed E-state index contributed by atoms with van der Waals surface area (Å²) in [5, 5.41) is 0. The fourth-order valence-corrected chi connectivity index (χ4v) is 5.82. The predicted molar refractivity (Wildman–Crippen MR) is 149 cm³/mol. The zero-order valence-corrected chi connectivity index (χ0v) is 23.3. The Morgan fingerprint density at radius 3 is 2.06 bits per heavy atom. The molecule has 0 spiro atoms. The van der Waals surface area contributed by atoms with Gasteiger partial charge in [0.25, 0.3) is 0 Å². The van der Waals surface area contributed by atoms with Crippen LogP contribution >= 0.6 is 0 Å². The van der Waals surface area contributed by atoms with Crippen molar-refractivity contribution in [1.29, 1.82) is 0 Å². The van der Waals surface area contributed by atoms with Gasteiger partial charge in [0.1, 0.15) is 11.6 Å². The van der Waals surface area contributed by atoms with Crippen LogP contribution in [-0.2, 0) is 19.3 Å². The standard InChI is InChI=1S/C33H49FO/c1-7-26-22-32(35-23-33(9-3,10-4)11-5)27(8-2)20-30(26)29-19-18-28(31(34)21-29)17-16-25-14-12-24(6)13-15-25/h18-22,24-25H,7-17,23H2,1-6H3. The van der Waals surface area contributed by atoms with E-state index in [2.05, 4.69) is 59.7 Å². The average molecular weight is 481 g/mol. The molecule has 0 amide bonds. The lowest BCUT2D eigenvalue weighted by molar-refractivity contribution is 0.127. The van der Waals surface area contributed by atoms with E-state index in [1.165, 1.54) is 36.8 Å². The van der Waals surface area contributed by atoms with E-state index in [0.29, 0.717) is 0 Å². The third-order valence-electron chi connectivity index (χ3n) is 9.15. The molecule has 0 aliphatic heterocycles. The molecule has 194 valence electrons. The van der Waals surface area contributed by atoms with Crippen LogP contribution in [0, 0.1) is 23.1 Å². The topological polar surface area (TPSA) is 9.23 Å². The average Bonchev–Trinajstić information content (AvgIpc) is 2.89. The van der Waals surface area contributed by atoms with E-state index in [1.54, 1.807) is 6.07 Å². The molecule has 1 aliphatic rings. The van der Waals surface area contributed by atoms with E-state index in [4.69, 9.17) is 4.74 Å². The van der Waals surface area contributed by atoms with E-state index >= 15 is 4.39 Å². The molecule has 0 atom stereocenters. The molecule has 0 N–H and O–H groups in total. The smallest absolute Gasteiger partial charge is 0.127 e. The first-order valence-electron chi connectivity index (χ1n) is 14.5. The van der Waals surface area contributed by atoms with Crippen LogP contribution in [0.3, 0.4) is 0 Å². The van der Waals surface area contributed by atoms with E-state index < -0.39 is 0 Å². The molecule has 0 unspecified atom stereocenters. The normalized spacial score (nSPS) is 18.6. The quantitative estimate of drug-likeness (QED) is 0.294. The lowest BCUT2D eigenvalue weighted by Crippen LogP contribution is -2.26. The van der Waals surface area contributed by atoms with Gasteiger partial charge in [0, 0.05) is 5.41 Å². The van der Waals surface area contributed by atoms with Crippen LogP contribution in [-0.4, -0.2) is 6.61 Å². The fraction of sp³-hybridized carbons (Fsp3) is 0.636. The lowest BCUT2D eigenvalue weighted by atomic mass is 9.80. The van der Waals surface area contributed by atoms with Crippen LogP contribution in [0.5, 0.6) is 5.75 Å². The van der Waals surface area contributed by atoms with Crippen LogP contribution in [0.15, 0.2) is 30.3 Å². The Balaban J connectivity index is 1.78. The summed E-state index contributed by atoms with van der Waals surface area (Å²) in [6.07, 6.45) is 12.5. The Morgan fingerprint density at radius 2 is 1.49 bits per heavy atom. The number of hydrogen-bond acceptors (Lipinski definition) is 1. The molecule has 3 rings (SSSR count). The van der Waals surface area contributed by atoms with Gasteiger partial charge in [-0.1, -0.05) is 79.4 Å². The van der Waals surface area contributed by atoms with E-state index in [-0.39, 0.29) is 11.2 Å². The molecule has 0 heterocycles. The number of ether oxygens (including phenoxy) is 1. The van der Waals surface area contributed by atoms with Crippen LogP contribution in [0.4, 0.5) is 4.39 Å². The summed E-state index contributed by atoms with van der Waals surface area (Å²) >= 11 is 0. The highest BCUT2D eigenvalue weighted by Crippen LogP contribution is 2.36. The van der Waals surface area contributed by atoms with Crippen molar-refractivity contribution in [1.82, 2.24) is 0 Å². The van der Waals surface area contributed by atoms with E-state index in [9.17, 15) is 0 Å². The number of hydrogen-bond donors (Lipinski definition) is 0. The summed E-state index contributed by atoms with van der Waals surface area (Å²) in [6.45, 7) is 14.3.